The number of benzene rings is 11. The van der Waals surface area contributed by atoms with E-state index in [-0.39, 0.29) is 5.41 Å². The summed E-state index contributed by atoms with van der Waals surface area (Å²) in [7, 11) is 0. The average molecular weight is 762 g/mol. The Morgan fingerprint density at radius 1 is 0.317 bits per heavy atom. The normalized spacial score (nSPS) is 13.3. The van der Waals surface area contributed by atoms with Crippen molar-refractivity contribution < 1.29 is 0 Å². The van der Waals surface area contributed by atoms with Crippen molar-refractivity contribution in [3.8, 4) is 39.1 Å². The molecule has 0 bridgehead atoms. The van der Waals surface area contributed by atoms with Crippen LogP contribution in [0.2, 0.25) is 0 Å². The van der Waals surface area contributed by atoms with Gasteiger partial charge in [-0.25, -0.2) is 0 Å². The maximum atomic E-state index is 2.45. The van der Waals surface area contributed by atoms with Gasteiger partial charge in [0.25, 0.3) is 0 Å². The monoisotopic (exact) mass is 761 g/mol. The fraction of sp³-hybridized carbons (Fsp3) is 0.0508. The van der Waals surface area contributed by atoms with Crippen LogP contribution in [0.15, 0.2) is 200 Å². The van der Waals surface area contributed by atoms with Crippen LogP contribution in [0.4, 0.5) is 0 Å². The third-order valence-electron chi connectivity index (χ3n) is 13.7. The number of fused-ring (bicyclic) bond motifs is 15. The Kier molecular flexibility index (Phi) is 6.85. The molecule has 1 aromatic heterocycles. The largest absolute Gasteiger partial charge is 0.309 e. The molecule has 0 fully saturated rings. The first-order valence-corrected chi connectivity index (χ1v) is 21.1. The number of rotatable bonds is 3. The van der Waals surface area contributed by atoms with Gasteiger partial charge < -0.3 is 4.57 Å². The lowest BCUT2D eigenvalue weighted by atomic mass is 9.77. The highest BCUT2D eigenvalue weighted by atomic mass is 15.0. The molecule has 0 saturated carbocycles. The number of hydrogen-bond acceptors (Lipinski definition) is 0. The summed E-state index contributed by atoms with van der Waals surface area (Å²) in [6.45, 7) is 4.87. The van der Waals surface area contributed by atoms with E-state index < -0.39 is 0 Å². The predicted octanol–water partition coefficient (Wildman–Crippen LogP) is 16.2. The first-order valence-electron chi connectivity index (χ1n) is 21.1. The zero-order chi connectivity index (χ0) is 39.7. The molecule has 0 N–H and O–H groups in total. The summed E-state index contributed by atoms with van der Waals surface area (Å²) in [6.07, 6.45) is 0. The van der Waals surface area contributed by atoms with Gasteiger partial charge in [-0.3, -0.25) is 0 Å². The minimum atomic E-state index is -0.176. The summed E-state index contributed by atoms with van der Waals surface area (Å²) >= 11 is 0. The highest BCUT2D eigenvalue weighted by molar-refractivity contribution is 6.24. The summed E-state index contributed by atoms with van der Waals surface area (Å²) in [4.78, 5) is 0. The molecule has 0 amide bonds. The Morgan fingerprint density at radius 2 is 0.800 bits per heavy atom. The molecule has 1 aliphatic carbocycles. The van der Waals surface area contributed by atoms with Crippen molar-refractivity contribution >= 4 is 75.7 Å². The molecule has 0 radical (unpaired) electrons. The van der Waals surface area contributed by atoms with E-state index in [9.17, 15) is 0 Å². The van der Waals surface area contributed by atoms with Crippen LogP contribution in [0.25, 0.3) is 115 Å². The molecular formula is C59H39N. The first kappa shape index (κ1) is 33.5. The average Bonchev–Trinajstić information content (AvgIpc) is 3.76. The first-order chi connectivity index (χ1) is 29.6. The molecule has 0 spiro atoms. The minimum absolute atomic E-state index is 0.176. The zero-order valence-electron chi connectivity index (χ0n) is 33.5. The summed E-state index contributed by atoms with van der Waals surface area (Å²) in [5, 5.41) is 15.6. The highest BCUT2D eigenvalue weighted by Gasteiger charge is 2.39. The van der Waals surface area contributed by atoms with E-state index in [1.807, 2.05) is 0 Å². The standard InChI is InChI=1S/C59H39N/c1-59(2)57-40-31-29-37(34-36(40)28-32-50(57)56-44-21-8-6-18-41(44)42-19-7-13-26-49(42)58(56)59)54-45-22-9-11-24-47(45)55(48-25-12-10-23-46(48)54)38-30-33-53-51(35-38)43-20-14-15-27-52(43)60(53)39-16-4-3-5-17-39/h3-35H,1-2H3. The molecule has 12 aromatic rings. The summed E-state index contributed by atoms with van der Waals surface area (Å²) in [5.41, 5.74) is 14.1. The second kappa shape index (κ2) is 12.3. The van der Waals surface area contributed by atoms with Gasteiger partial charge in [0.2, 0.25) is 0 Å². The molecule has 1 heterocycles. The van der Waals surface area contributed by atoms with Crippen molar-refractivity contribution in [2.45, 2.75) is 19.3 Å². The van der Waals surface area contributed by atoms with Gasteiger partial charge in [0, 0.05) is 21.9 Å². The van der Waals surface area contributed by atoms with E-state index in [4.69, 9.17) is 0 Å². The number of hydrogen-bond donors (Lipinski definition) is 0. The van der Waals surface area contributed by atoms with E-state index in [2.05, 4.69) is 219 Å². The highest BCUT2D eigenvalue weighted by Crippen LogP contribution is 2.57. The Hall–Kier alpha value is -7.48. The Morgan fingerprint density at radius 3 is 1.45 bits per heavy atom. The van der Waals surface area contributed by atoms with E-state index in [1.165, 1.54) is 126 Å². The van der Waals surface area contributed by atoms with Crippen molar-refractivity contribution in [2.24, 2.45) is 0 Å². The van der Waals surface area contributed by atoms with Gasteiger partial charge in [-0.1, -0.05) is 178 Å². The predicted molar refractivity (Wildman–Crippen MR) is 257 cm³/mol. The van der Waals surface area contributed by atoms with Crippen molar-refractivity contribution in [3.05, 3.63) is 211 Å². The smallest absolute Gasteiger partial charge is 0.0541 e. The molecule has 1 aliphatic rings. The third-order valence-corrected chi connectivity index (χ3v) is 13.7. The van der Waals surface area contributed by atoms with Crippen molar-refractivity contribution in [2.75, 3.05) is 0 Å². The van der Waals surface area contributed by atoms with Gasteiger partial charge in [0.05, 0.1) is 11.0 Å². The van der Waals surface area contributed by atoms with Crippen molar-refractivity contribution in [1.82, 2.24) is 4.57 Å². The van der Waals surface area contributed by atoms with Crippen LogP contribution in [-0.4, -0.2) is 4.57 Å². The van der Waals surface area contributed by atoms with Crippen molar-refractivity contribution in [3.63, 3.8) is 0 Å². The maximum absolute atomic E-state index is 2.45. The number of para-hydroxylation sites is 2. The van der Waals surface area contributed by atoms with Gasteiger partial charge in [0.1, 0.15) is 0 Å². The molecule has 0 saturated heterocycles. The van der Waals surface area contributed by atoms with E-state index in [0.29, 0.717) is 0 Å². The lowest BCUT2D eigenvalue weighted by molar-refractivity contribution is 0.672. The molecule has 13 rings (SSSR count). The van der Waals surface area contributed by atoms with Gasteiger partial charge in [-0.15, -0.1) is 0 Å². The molecule has 280 valence electrons. The van der Waals surface area contributed by atoms with Crippen LogP contribution in [0.1, 0.15) is 25.0 Å². The molecule has 1 heteroatoms. The van der Waals surface area contributed by atoms with Gasteiger partial charge >= 0.3 is 0 Å². The van der Waals surface area contributed by atoms with Gasteiger partial charge in [-0.05, 0) is 135 Å². The molecular weight excluding hydrogens is 723 g/mol. The third kappa shape index (κ3) is 4.47. The topological polar surface area (TPSA) is 4.93 Å². The van der Waals surface area contributed by atoms with Crippen LogP contribution in [-0.2, 0) is 5.41 Å². The molecule has 0 unspecified atom stereocenters. The van der Waals surface area contributed by atoms with Crippen LogP contribution in [0.3, 0.4) is 0 Å². The van der Waals surface area contributed by atoms with E-state index >= 15 is 0 Å². The van der Waals surface area contributed by atoms with Crippen LogP contribution in [0.5, 0.6) is 0 Å². The lowest BCUT2D eigenvalue weighted by Crippen LogP contribution is -2.16. The second-order valence-corrected chi connectivity index (χ2v) is 17.2. The molecule has 0 aliphatic heterocycles. The molecule has 60 heavy (non-hydrogen) atoms. The minimum Gasteiger partial charge on any atom is -0.309 e. The molecule has 11 aromatic carbocycles. The Bertz CT molecular complexity index is 3730. The van der Waals surface area contributed by atoms with Crippen LogP contribution in [0, 0.1) is 0 Å². The summed E-state index contributed by atoms with van der Waals surface area (Å²) in [6, 6.07) is 74.7. The summed E-state index contributed by atoms with van der Waals surface area (Å²) in [5.74, 6) is 0. The zero-order valence-corrected chi connectivity index (χ0v) is 33.5. The van der Waals surface area contributed by atoms with Crippen molar-refractivity contribution in [1.29, 1.82) is 0 Å². The second-order valence-electron chi connectivity index (χ2n) is 17.2. The SMILES string of the molecule is CC1(C)c2c(ccc3cc(-c4c5ccccc5c(-c5ccc6c(c5)c5ccccc5n6-c5ccccc5)c5ccccc45)ccc23)-c2c1c1ccccc1c1ccccc21. The van der Waals surface area contributed by atoms with Crippen LogP contribution < -0.4 is 0 Å². The maximum Gasteiger partial charge on any atom is 0.0541 e. The Balaban J connectivity index is 1.03. The number of aromatic nitrogens is 1. The quantitative estimate of drug-likeness (QED) is 0.125. The molecule has 0 atom stereocenters. The van der Waals surface area contributed by atoms with Gasteiger partial charge in [-0.2, -0.15) is 0 Å². The molecule has 1 nitrogen and oxygen atoms in total. The fourth-order valence-corrected chi connectivity index (χ4v) is 11.3. The number of nitrogens with zero attached hydrogens (tertiary/aromatic N) is 1. The van der Waals surface area contributed by atoms with E-state index in [1.54, 1.807) is 0 Å². The van der Waals surface area contributed by atoms with E-state index in [0.717, 1.165) is 0 Å². The fourth-order valence-electron chi connectivity index (χ4n) is 11.3. The lowest BCUT2D eigenvalue weighted by Gasteiger charge is -2.25. The Labute approximate surface area is 348 Å². The van der Waals surface area contributed by atoms with Crippen LogP contribution >= 0.6 is 0 Å². The van der Waals surface area contributed by atoms with Gasteiger partial charge in [0.15, 0.2) is 0 Å². The summed E-state index contributed by atoms with van der Waals surface area (Å²) < 4.78 is 2.40.